The van der Waals surface area contributed by atoms with Gasteiger partial charge < -0.3 is 107 Å². The molecule has 32 heteroatoms. The second kappa shape index (κ2) is 58.9. The zero-order valence-corrected chi connectivity index (χ0v) is 59.4. The number of nitrogens with one attached hydrogen (secondary N) is 8. The molecule has 0 aliphatic rings. The van der Waals surface area contributed by atoms with Crippen molar-refractivity contribution >= 4 is 64.5 Å². The fourth-order valence-electron chi connectivity index (χ4n) is 8.53. The number of carbonyl (C=O) groups excluding carboxylic acids is 9. The summed E-state index contributed by atoms with van der Waals surface area (Å²) in [5.74, 6) is -3.54. The Kier molecular flexibility index (Phi) is 55.2. The number of hydrogen-bond acceptors (Lipinski definition) is 24. The van der Waals surface area contributed by atoms with E-state index in [-0.39, 0.29) is 170 Å². The summed E-state index contributed by atoms with van der Waals surface area (Å²) in [4.78, 5) is 111. The molecule has 14 N–H and O–H groups in total. The van der Waals surface area contributed by atoms with Crippen molar-refractivity contribution in [3.05, 3.63) is 0 Å². The second-order valence-corrected chi connectivity index (χ2v) is 24.7. The second-order valence-electron chi connectivity index (χ2n) is 24.7. The van der Waals surface area contributed by atoms with Crippen LogP contribution in [0.2, 0.25) is 0 Å². The first-order valence-electron chi connectivity index (χ1n) is 34.2. The molecule has 0 heterocycles. The Morgan fingerprint density at radius 1 is 0.402 bits per heavy atom. The van der Waals surface area contributed by atoms with Gasteiger partial charge in [0.1, 0.15) is 32.2 Å². The highest BCUT2D eigenvalue weighted by Crippen LogP contribution is 2.17. The molecule has 0 fully saturated rings. The third-order valence-corrected chi connectivity index (χ3v) is 15.5. The van der Waals surface area contributed by atoms with Crippen LogP contribution < -0.4 is 54.0 Å². The molecule has 0 unspecified atom stereocenters. The number of rotatable bonds is 67. The van der Waals surface area contributed by atoms with Crippen LogP contribution >= 0.6 is 0 Å². The molecule has 32 nitrogen and oxygen atoms in total. The summed E-state index contributed by atoms with van der Waals surface area (Å²) >= 11 is 0. The zero-order chi connectivity index (χ0) is 72.4. The molecule has 97 heavy (non-hydrogen) atoms. The number of nitrogens with zero attached hydrogens (tertiary/aromatic N) is 2. The highest BCUT2D eigenvalue weighted by atomic mass is 16.6. The van der Waals surface area contributed by atoms with E-state index < -0.39 is 23.0 Å². The summed E-state index contributed by atoms with van der Waals surface area (Å²) < 4.78 is 48.9. The van der Waals surface area contributed by atoms with Crippen molar-refractivity contribution in [3.8, 4) is 0 Å². The number of carbonyl (C=O) groups is 9. The first kappa shape index (κ1) is 90.9. The van der Waals surface area contributed by atoms with Crippen molar-refractivity contribution < 1.29 is 96.2 Å². The standard InChI is InChI=1S/C65H122N12O20/c1-49(61(66)84)18-9-12-23-68-57(80)45-94-38-34-92-36-40-96-47-59(82)70-26-16-28-89-30-32-91-33-31-90-29-17-27-71-60(83)48-97-41-37-93-35-39-95-46-58(81)69-24-14-11-20-53(63(86)72-25-13-10-19-50(2)62(67)85)42-55(78)21-15-22-56(79)75-54(43-73-64(5,6)51(3)76-87)44-74-65(7,8)52(4)77-88/h49-50,53-54,73-74,87-88H,9-48H2,1-8H3,(H2,66,84)(H2,67,85)(H,68,80)(H,69,81)(H,70,82)(H,71,83)(H,72,86)(H,75,79)/b76-51-,77-52-/t49-,50-,53+/m0/s1. The van der Waals surface area contributed by atoms with Crippen LogP contribution in [0.5, 0.6) is 0 Å². The molecule has 8 amide bonds. The lowest BCUT2D eigenvalue weighted by molar-refractivity contribution is -0.130. The number of oxime groups is 2. The molecular formula is C65H122N12O20. The van der Waals surface area contributed by atoms with Gasteiger partial charge in [-0.05, 0) is 99.3 Å². The lowest BCUT2D eigenvalue weighted by Gasteiger charge is -2.32. The normalized spacial score (nSPS) is 13.3. The van der Waals surface area contributed by atoms with Gasteiger partial charge in [0.05, 0.1) is 108 Å². The van der Waals surface area contributed by atoms with Gasteiger partial charge in [-0.1, -0.05) is 43.4 Å². The van der Waals surface area contributed by atoms with Crippen molar-refractivity contribution in [2.45, 2.75) is 169 Å². The summed E-state index contributed by atoms with van der Waals surface area (Å²) in [5.41, 5.74) is 10.2. The first-order chi connectivity index (χ1) is 46.3. The molecule has 0 aliphatic carbocycles. The maximum absolute atomic E-state index is 13.4. The van der Waals surface area contributed by atoms with Crippen molar-refractivity contribution in [2.75, 3.05) is 165 Å². The molecule has 562 valence electrons. The minimum absolute atomic E-state index is 0.0171. The number of amides is 8. The lowest BCUT2D eigenvalue weighted by Crippen LogP contribution is -2.57. The van der Waals surface area contributed by atoms with E-state index in [1.165, 1.54) is 0 Å². The molecule has 0 rings (SSSR count). The van der Waals surface area contributed by atoms with Gasteiger partial charge in [-0.15, -0.1) is 0 Å². The van der Waals surface area contributed by atoms with Gasteiger partial charge >= 0.3 is 0 Å². The first-order valence-corrected chi connectivity index (χ1v) is 34.2. The number of ketones is 1. The fraction of sp³-hybridized carbons (Fsp3) is 0.831. The molecule has 3 atom stereocenters. The monoisotopic (exact) mass is 1390 g/mol. The van der Waals surface area contributed by atoms with Gasteiger partial charge in [-0.2, -0.15) is 0 Å². The van der Waals surface area contributed by atoms with Gasteiger partial charge in [0.15, 0.2) is 0 Å². The van der Waals surface area contributed by atoms with Crippen LogP contribution in [-0.2, 0) is 85.8 Å². The van der Waals surface area contributed by atoms with E-state index in [1.807, 2.05) is 27.7 Å². The molecule has 0 spiro atoms. The largest absolute Gasteiger partial charge is 0.411 e. The molecular weight excluding hydrogens is 1270 g/mol. The number of ether oxygens (including phenoxy) is 9. The van der Waals surface area contributed by atoms with Crippen molar-refractivity contribution in [2.24, 2.45) is 39.5 Å². The maximum atomic E-state index is 13.4. The van der Waals surface area contributed by atoms with Crippen LogP contribution in [0.4, 0.5) is 0 Å². The summed E-state index contributed by atoms with van der Waals surface area (Å²) in [6.45, 7) is 20.7. The molecule has 0 aliphatic heterocycles. The molecule has 0 radical (unpaired) electrons. The molecule has 0 saturated carbocycles. The van der Waals surface area contributed by atoms with Crippen LogP contribution in [0.25, 0.3) is 0 Å². The number of primary amides is 2. The van der Waals surface area contributed by atoms with Crippen molar-refractivity contribution in [3.63, 3.8) is 0 Å². The van der Waals surface area contributed by atoms with Crippen LogP contribution in [0.1, 0.15) is 152 Å². The summed E-state index contributed by atoms with van der Waals surface area (Å²) in [5, 5.41) is 49.0. The Hall–Kier alpha value is -6.07. The minimum atomic E-state index is -0.683. The van der Waals surface area contributed by atoms with Crippen LogP contribution in [-0.4, -0.2) is 257 Å². The number of nitrogens with two attached hydrogens (primary N) is 2. The molecule has 0 aromatic rings. The van der Waals surface area contributed by atoms with Gasteiger partial charge in [0, 0.05) is 96.0 Å². The zero-order valence-electron chi connectivity index (χ0n) is 59.4. The van der Waals surface area contributed by atoms with Crippen LogP contribution in [0.15, 0.2) is 10.3 Å². The highest BCUT2D eigenvalue weighted by Gasteiger charge is 2.28. The summed E-state index contributed by atoms with van der Waals surface area (Å²) in [6.07, 6.45) is 7.25. The third-order valence-electron chi connectivity index (χ3n) is 15.5. The van der Waals surface area contributed by atoms with E-state index in [0.29, 0.717) is 155 Å². The van der Waals surface area contributed by atoms with E-state index in [2.05, 4.69) is 52.8 Å². The molecule has 0 bridgehead atoms. The van der Waals surface area contributed by atoms with Gasteiger partial charge in [0.25, 0.3) is 0 Å². The molecule has 0 aromatic carbocycles. The average molecular weight is 1390 g/mol. The number of Topliss-reactive ketones (excluding diaryl/α,β-unsaturated/α-hetero) is 1. The smallest absolute Gasteiger partial charge is 0.246 e. The Labute approximate surface area is 574 Å². The van der Waals surface area contributed by atoms with E-state index in [9.17, 15) is 53.6 Å². The highest BCUT2D eigenvalue weighted by molar-refractivity contribution is 5.91. The van der Waals surface area contributed by atoms with Crippen LogP contribution in [0, 0.1) is 17.8 Å². The number of unbranched alkanes of at least 4 members (excludes halogenated alkanes) is 3. The average Bonchev–Trinajstić information content (AvgIpc) is 3.18. The summed E-state index contributed by atoms with van der Waals surface area (Å²) in [7, 11) is 0. The Morgan fingerprint density at radius 3 is 1.07 bits per heavy atom. The maximum Gasteiger partial charge on any atom is 0.246 e. The van der Waals surface area contributed by atoms with Crippen molar-refractivity contribution in [1.29, 1.82) is 0 Å². The Balaban J connectivity index is 4.18. The summed E-state index contributed by atoms with van der Waals surface area (Å²) in [6, 6.07) is -0.434. The van der Waals surface area contributed by atoms with E-state index in [4.69, 9.17) is 54.1 Å². The lowest BCUT2D eigenvalue weighted by atomic mass is 9.93. The number of hydrogen-bond donors (Lipinski definition) is 12. The Morgan fingerprint density at radius 2 is 0.722 bits per heavy atom. The van der Waals surface area contributed by atoms with Crippen LogP contribution in [0.3, 0.4) is 0 Å². The van der Waals surface area contributed by atoms with Gasteiger partial charge in [-0.3, -0.25) is 43.2 Å². The predicted octanol–water partition coefficient (Wildman–Crippen LogP) is 0.918. The quantitative estimate of drug-likeness (QED) is 0.0174. The minimum Gasteiger partial charge on any atom is -0.411 e. The SMILES string of the molecule is C/C(=N/O)C(C)(C)NCC(CNC(C)(C)/C(C)=N\O)NC(=O)CCCC(=O)C[C@@H](CCCCNC(=O)COCCOCCOCC(=O)NCCCOCCOCCOCCCNC(=O)COCCOCCOCC(=O)NCCCC[C@H](C)C(N)=O)C(=O)NCCCC[C@H](C)C(N)=O. The van der Waals surface area contributed by atoms with Gasteiger partial charge in [-0.25, -0.2) is 0 Å². The predicted molar refractivity (Wildman–Crippen MR) is 363 cm³/mol. The topological polar surface area (TPSA) is 450 Å². The van der Waals surface area contributed by atoms with E-state index in [0.717, 1.165) is 12.8 Å². The van der Waals surface area contributed by atoms with E-state index >= 15 is 0 Å². The Bertz CT molecular complexity index is 2220. The molecule has 0 aromatic heterocycles. The fourth-order valence-corrected chi connectivity index (χ4v) is 8.53. The van der Waals surface area contributed by atoms with E-state index in [1.54, 1.807) is 27.7 Å². The molecule has 0 saturated heterocycles. The van der Waals surface area contributed by atoms with Gasteiger partial charge in [0.2, 0.25) is 47.3 Å². The third kappa shape index (κ3) is 53.6. The van der Waals surface area contributed by atoms with Crippen molar-refractivity contribution in [1.82, 2.24) is 42.5 Å².